The Balaban J connectivity index is 1.96. The van der Waals surface area contributed by atoms with Crippen molar-refractivity contribution in [2.24, 2.45) is 0 Å². The average molecular weight is 296 g/mol. The molecule has 0 aliphatic heterocycles. The van der Waals surface area contributed by atoms with Crippen molar-refractivity contribution in [3.8, 4) is 5.75 Å². The fourth-order valence-corrected chi connectivity index (χ4v) is 1.57. The van der Waals surface area contributed by atoms with Crippen molar-refractivity contribution in [3.63, 3.8) is 0 Å². The van der Waals surface area contributed by atoms with Crippen molar-refractivity contribution in [2.45, 2.75) is 0 Å². The molecule has 0 saturated carbocycles. The molecule has 0 atom stereocenters. The van der Waals surface area contributed by atoms with Crippen LogP contribution in [-0.4, -0.2) is 12.5 Å². The van der Waals surface area contributed by atoms with Crippen LogP contribution in [0.1, 0.15) is 0 Å². The van der Waals surface area contributed by atoms with Crippen molar-refractivity contribution in [1.82, 2.24) is 0 Å². The van der Waals surface area contributed by atoms with Crippen molar-refractivity contribution >= 4 is 17.3 Å². The van der Waals surface area contributed by atoms with Gasteiger partial charge in [0.25, 0.3) is 5.91 Å². The highest BCUT2D eigenvalue weighted by atomic mass is 19.1. The molecular weight excluding hydrogens is 285 g/mol. The summed E-state index contributed by atoms with van der Waals surface area (Å²) >= 11 is 0. The molecule has 0 radical (unpaired) electrons. The van der Waals surface area contributed by atoms with E-state index in [4.69, 9.17) is 10.5 Å². The fourth-order valence-electron chi connectivity index (χ4n) is 1.57. The predicted molar refractivity (Wildman–Crippen MR) is 71.3 cm³/mol. The van der Waals surface area contributed by atoms with Crippen LogP contribution >= 0.6 is 0 Å². The van der Waals surface area contributed by atoms with Gasteiger partial charge in [0.2, 0.25) is 0 Å². The molecule has 2 rings (SSSR count). The molecule has 3 N–H and O–H groups in total. The van der Waals surface area contributed by atoms with Gasteiger partial charge in [-0.2, -0.15) is 0 Å². The van der Waals surface area contributed by atoms with Crippen LogP contribution in [0.3, 0.4) is 0 Å². The van der Waals surface area contributed by atoms with E-state index < -0.39 is 30.0 Å². The van der Waals surface area contributed by atoms with Crippen molar-refractivity contribution in [2.75, 3.05) is 17.7 Å². The largest absolute Gasteiger partial charge is 0.481 e. The maximum atomic E-state index is 13.3. The number of nitrogen functional groups attached to an aromatic ring is 1. The van der Waals surface area contributed by atoms with Crippen LogP contribution in [0.15, 0.2) is 36.4 Å². The van der Waals surface area contributed by atoms with E-state index in [0.717, 1.165) is 24.3 Å². The maximum Gasteiger partial charge on any atom is 0.262 e. The van der Waals surface area contributed by atoms with Gasteiger partial charge in [-0.1, -0.05) is 0 Å². The Hall–Kier alpha value is -2.70. The lowest BCUT2D eigenvalue weighted by molar-refractivity contribution is -0.118. The lowest BCUT2D eigenvalue weighted by atomic mass is 10.2. The zero-order valence-corrected chi connectivity index (χ0v) is 10.7. The molecule has 0 unspecified atom stereocenters. The summed E-state index contributed by atoms with van der Waals surface area (Å²) in [6.45, 7) is -0.501. The molecule has 0 heterocycles. The van der Waals surface area contributed by atoms with Crippen LogP contribution < -0.4 is 15.8 Å². The predicted octanol–water partition coefficient (Wildman–Crippen LogP) is 2.70. The number of hydrogen-bond donors (Lipinski definition) is 2. The van der Waals surface area contributed by atoms with Gasteiger partial charge in [0.15, 0.2) is 18.2 Å². The Morgan fingerprint density at radius 2 is 1.76 bits per heavy atom. The van der Waals surface area contributed by atoms with Gasteiger partial charge in [0, 0.05) is 6.07 Å². The Morgan fingerprint density at radius 1 is 1.10 bits per heavy atom. The maximum absolute atomic E-state index is 13.3. The standard InChI is InChI=1S/C14H11F3N2O2/c15-8-2-4-13(10(17)5-8)21-7-14(20)19-12-3-1-9(16)6-11(12)18/h1-6H,7,18H2,(H,19,20). The Morgan fingerprint density at radius 3 is 2.43 bits per heavy atom. The van der Waals surface area contributed by atoms with Crippen molar-refractivity contribution in [3.05, 3.63) is 53.8 Å². The summed E-state index contributed by atoms with van der Waals surface area (Å²) in [7, 11) is 0. The molecule has 2 aromatic rings. The van der Waals surface area contributed by atoms with Crippen LogP contribution in [0.5, 0.6) is 5.75 Å². The number of halogens is 3. The first-order valence-electron chi connectivity index (χ1n) is 5.88. The molecule has 0 spiro atoms. The van der Waals surface area contributed by atoms with Gasteiger partial charge in [-0.3, -0.25) is 4.79 Å². The van der Waals surface area contributed by atoms with Gasteiger partial charge in [-0.25, -0.2) is 13.2 Å². The highest BCUT2D eigenvalue weighted by Crippen LogP contribution is 2.20. The molecule has 2 aromatic carbocycles. The first-order chi connectivity index (χ1) is 9.95. The van der Waals surface area contributed by atoms with Crippen LogP contribution in [0.2, 0.25) is 0 Å². The summed E-state index contributed by atoms with van der Waals surface area (Å²) in [5, 5.41) is 2.39. The van der Waals surface area contributed by atoms with E-state index in [2.05, 4.69) is 5.32 Å². The third-order valence-corrected chi connectivity index (χ3v) is 2.54. The van der Waals surface area contributed by atoms with Gasteiger partial charge in [0.1, 0.15) is 11.6 Å². The third kappa shape index (κ3) is 3.88. The number of ether oxygens (including phenoxy) is 1. The number of benzene rings is 2. The second-order valence-corrected chi connectivity index (χ2v) is 4.14. The zero-order chi connectivity index (χ0) is 15.4. The van der Waals surface area contributed by atoms with E-state index in [1.54, 1.807) is 0 Å². The smallest absolute Gasteiger partial charge is 0.262 e. The van der Waals surface area contributed by atoms with Gasteiger partial charge < -0.3 is 15.8 Å². The molecule has 0 fully saturated rings. The molecule has 110 valence electrons. The normalized spacial score (nSPS) is 10.2. The Labute approximate surface area is 118 Å². The number of carbonyl (C=O) groups is 1. The molecule has 0 aliphatic carbocycles. The number of carbonyl (C=O) groups excluding carboxylic acids is 1. The average Bonchev–Trinajstić information content (AvgIpc) is 2.41. The second-order valence-electron chi connectivity index (χ2n) is 4.14. The lowest BCUT2D eigenvalue weighted by Crippen LogP contribution is -2.21. The third-order valence-electron chi connectivity index (χ3n) is 2.54. The van der Waals surface area contributed by atoms with Gasteiger partial charge in [0.05, 0.1) is 11.4 Å². The van der Waals surface area contributed by atoms with Crippen LogP contribution in [0.4, 0.5) is 24.5 Å². The highest BCUT2D eigenvalue weighted by molar-refractivity contribution is 5.94. The quantitative estimate of drug-likeness (QED) is 0.853. The summed E-state index contributed by atoms with van der Waals surface area (Å²) < 4.78 is 43.7. The lowest BCUT2D eigenvalue weighted by Gasteiger charge is -2.10. The number of rotatable bonds is 4. The zero-order valence-electron chi connectivity index (χ0n) is 10.7. The minimum Gasteiger partial charge on any atom is -0.481 e. The summed E-state index contributed by atoms with van der Waals surface area (Å²) in [4.78, 5) is 11.6. The van der Waals surface area contributed by atoms with Gasteiger partial charge in [-0.05, 0) is 30.3 Å². The number of amides is 1. The molecule has 0 aliphatic rings. The molecule has 0 aromatic heterocycles. The topological polar surface area (TPSA) is 64.3 Å². The van der Waals surface area contributed by atoms with Crippen molar-refractivity contribution < 1.29 is 22.7 Å². The second kappa shape index (κ2) is 6.17. The SMILES string of the molecule is Nc1cc(F)ccc1NC(=O)COc1ccc(F)cc1F. The van der Waals surface area contributed by atoms with E-state index in [0.29, 0.717) is 6.07 Å². The van der Waals surface area contributed by atoms with E-state index >= 15 is 0 Å². The Bertz CT molecular complexity index is 677. The summed E-state index contributed by atoms with van der Waals surface area (Å²) in [6.07, 6.45) is 0. The Kier molecular flexibility index (Phi) is 4.32. The minimum absolute atomic E-state index is 0.0521. The molecule has 0 bridgehead atoms. The number of anilines is 2. The minimum atomic E-state index is -0.913. The van der Waals surface area contributed by atoms with Crippen LogP contribution in [-0.2, 0) is 4.79 Å². The van der Waals surface area contributed by atoms with Gasteiger partial charge in [-0.15, -0.1) is 0 Å². The molecular formula is C14H11F3N2O2. The van der Waals surface area contributed by atoms with Crippen molar-refractivity contribution in [1.29, 1.82) is 0 Å². The van der Waals surface area contributed by atoms with E-state index in [1.165, 1.54) is 6.07 Å². The number of nitrogens with one attached hydrogen (secondary N) is 1. The summed E-state index contributed by atoms with van der Waals surface area (Å²) in [6, 6.07) is 6.20. The van der Waals surface area contributed by atoms with Gasteiger partial charge >= 0.3 is 0 Å². The van der Waals surface area contributed by atoms with Crippen LogP contribution in [0.25, 0.3) is 0 Å². The van der Waals surface area contributed by atoms with E-state index in [1.807, 2.05) is 0 Å². The fraction of sp³-hybridized carbons (Fsp3) is 0.0714. The molecule has 21 heavy (non-hydrogen) atoms. The number of nitrogens with two attached hydrogens (primary N) is 1. The molecule has 4 nitrogen and oxygen atoms in total. The first kappa shape index (κ1) is 14.7. The number of hydrogen-bond acceptors (Lipinski definition) is 3. The highest BCUT2D eigenvalue weighted by Gasteiger charge is 2.10. The van der Waals surface area contributed by atoms with Crippen LogP contribution in [0, 0.1) is 17.5 Å². The molecule has 1 amide bonds. The molecule has 0 saturated heterocycles. The van der Waals surface area contributed by atoms with E-state index in [9.17, 15) is 18.0 Å². The summed E-state index contributed by atoms with van der Waals surface area (Å²) in [5.74, 6) is -3.06. The molecule has 7 heteroatoms. The summed E-state index contributed by atoms with van der Waals surface area (Å²) in [5.41, 5.74) is 5.79. The first-order valence-corrected chi connectivity index (χ1v) is 5.88. The monoisotopic (exact) mass is 296 g/mol. The van der Waals surface area contributed by atoms with E-state index in [-0.39, 0.29) is 17.1 Å².